The second kappa shape index (κ2) is 9.24. The number of nitro benzene ring substituents is 1. The third-order valence-corrected chi connectivity index (χ3v) is 4.71. The molecule has 1 unspecified atom stereocenters. The van der Waals surface area contributed by atoms with E-state index in [4.69, 9.17) is 4.42 Å². The zero-order valence-electron chi connectivity index (χ0n) is 17.0. The molecule has 0 saturated carbocycles. The lowest BCUT2D eigenvalue weighted by Crippen LogP contribution is -2.29. The van der Waals surface area contributed by atoms with Crippen molar-refractivity contribution in [3.05, 3.63) is 104 Å². The van der Waals surface area contributed by atoms with Gasteiger partial charge in [0.05, 0.1) is 28.6 Å². The van der Waals surface area contributed by atoms with E-state index in [1.807, 2.05) is 6.07 Å². The third kappa shape index (κ3) is 4.83. The lowest BCUT2D eigenvalue weighted by Gasteiger charge is -2.12. The number of aromatic nitrogens is 2. The first-order valence-corrected chi connectivity index (χ1v) is 9.73. The molecule has 2 aromatic carbocycles. The number of carbonyl (C=O) groups is 1. The Bertz CT molecular complexity index is 1400. The molecule has 33 heavy (non-hydrogen) atoms. The quantitative estimate of drug-likeness (QED) is 0.222. The van der Waals surface area contributed by atoms with Gasteiger partial charge in [-0.3, -0.25) is 19.7 Å². The molecular weight excluding hydrogens is 430 g/mol. The number of non-ortho nitro benzene ring substituents is 1. The lowest BCUT2D eigenvalue weighted by molar-refractivity contribution is -0.384. The summed E-state index contributed by atoms with van der Waals surface area (Å²) < 4.78 is 5.21. The maximum Gasteiger partial charge on any atom is 0.276 e. The summed E-state index contributed by atoms with van der Waals surface area (Å²) in [5, 5.41) is 25.8. The number of carbonyl (C=O) groups excluding carboxylic acids is 1. The van der Waals surface area contributed by atoms with Crippen LogP contribution < -0.4 is 11.0 Å². The monoisotopic (exact) mass is 447 g/mol. The molecule has 0 aliphatic carbocycles. The number of hydrazone groups is 1. The second-order valence-corrected chi connectivity index (χ2v) is 6.99. The van der Waals surface area contributed by atoms with Crippen LogP contribution in [0.2, 0.25) is 0 Å². The van der Waals surface area contributed by atoms with E-state index in [1.165, 1.54) is 30.5 Å². The minimum Gasteiger partial charge on any atom is -0.466 e. The van der Waals surface area contributed by atoms with Gasteiger partial charge in [-0.2, -0.15) is 5.10 Å². The van der Waals surface area contributed by atoms with Gasteiger partial charge in [-0.15, -0.1) is 0 Å². The zero-order chi connectivity index (χ0) is 23.4. The largest absolute Gasteiger partial charge is 0.466 e. The van der Waals surface area contributed by atoms with E-state index in [9.17, 15) is 24.8 Å². The highest BCUT2D eigenvalue weighted by molar-refractivity contribution is 6.03. The molecule has 3 N–H and O–H groups in total. The Kier molecular flexibility index (Phi) is 6.04. The normalized spacial score (nSPS) is 12.5. The van der Waals surface area contributed by atoms with Gasteiger partial charge in [0, 0.05) is 12.1 Å². The molecule has 0 spiro atoms. The SMILES string of the molecule is O=C(Cc1ccccc1)N/N=C(\c1nc2ccc([N+](=O)[O-])cc2[nH]c1=O)C(O)c1ccco1. The third-order valence-electron chi connectivity index (χ3n) is 4.71. The number of benzene rings is 2. The molecule has 2 heterocycles. The van der Waals surface area contributed by atoms with E-state index in [0.29, 0.717) is 0 Å². The summed E-state index contributed by atoms with van der Waals surface area (Å²) in [6.07, 6.45) is -0.151. The maximum atomic E-state index is 12.7. The fourth-order valence-electron chi connectivity index (χ4n) is 3.13. The number of nitrogens with one attached hydrogen (secondary N) is 2. The van der Waals surface area contributed by atoms with Crippen molar-refractivity contribution >= 4 is 28.3 Å². The number of aliphatic hydroxyl groups excluding tert-OH is 1. The Balaban J connectivity index is 1.72. The van der Waals surface area contributed by atoms with E-state index >= 15 is 0 Å². The smallest absolute Gasteiger partial charge is 0.276 e. The molecule has 11 heteroatoms. The number of H-pyrrole nitrogens is 1. The molecule has 11 nitrogen and oxygen atoms in total. The Labute approximate surface area is 185 Å². The molecule has 0 aliphatic rings. The Morgan fingerprint density at radius 2 is 2.00 bits per heavy atom. The first-order valence-electron chi connectivity index (χ1n) is 9.73. The predicted octanol–water partition coefficient (Wildman–Crippen LogP) is 2.22. The average Bonchev–Trinajstić information content (AvgIpc) is 3.34. The van der Waals surface area contributed by atoms with Crippen molar-refractivity contribution in [1.29, 1.82) is 0 Å². The predicted molar refractivity (Wildman–Crippen MR) is 118 cm³/mol. The number of fused-ring (bicyclic) bond motifs is 1. The number of aliphatic hydroxyl groups is 1. The highest BCUT2D eigenvalue weighted by Crippen LogP contribution is 2.20. The number of furan rings is 1. The number of nitro groups is 1. The molecule has 0 aliphatic heterocycles. The number of amides is 1. The highest BCUT2D eigenvalue weighted by Gasteiger charge is 2.25. The van der Waals surface area contributed by atoms with Crippen molar-refractivity contribution in [2.75, 3.05) is 0 Å². The van der Waals surface area contributed by atoms with Crippen LogP contribution in [-0.2, 0) is 11.2 Å². The first-order chi connectivity index (χ1) is 15.9. The number of hydrogen-bond acceptors (Lipinski definition) is 8. The number of nitrogens with zero attached hydrogens (tertiary/aromatic N) is 3. The fourth-order valence-corrected chi connectivity index (χ4v) is 3.13. The molecule has 1 amide bonds. The van der Waals surface area contributed by atoms with E-state index in [-0.39, 0.29) is 40.3 Å². The van der Waals surface area contributed by atoms with Crippen molar-refractivity contribution in [1.82, 2.24) is 15.4 Å². The summed E-state index contributed by atoms with van der Waals surface area (Å²) in [6.45, 7) is 0. The van der Waals surface area contributed by atoms with Crippen LogP contribution >= 0.6 is 0 Å². The fraction of sp³-hybridized carbons (Fsp3) is 0.0909. The van der Waals surface area contributed by atoms with Crippen LogP contribution in [0.5, 0.6) is 0 Å². The molecule has 0 bridgehead atoms. The van der Waals surface area contributed by atoms with Crippen LogP contribution in [0.1, 0.15) is 23.1 Å². The van der Waals surface area contributed by atoms with Crippen LogP contribution in [0.4, 0.5) is 5.69 Å². The molecular formula is C22H17N5O6. The standard InChI is InChI=1S/C22H17N5O6/c28-18(11-13-5-2-1-3-6-13)25-26-19(21(29)17-7-4-10-33-17)20-22(30)24-16-12-14(27(31)32)8-9-15(16)23-20/h1-10,12,21,29H,11H2,(H,24,30)(H,25,28)/b26-19+. The molecule has 0 radical (unpaired) electrons. The zero-order valence-corrected chi connectivity index (χ0v) is 17.0. The first kappa shape index (κ1) is 21.6. The number of rotatable bonds is 7. The minimum atomic E-state index is -1.51. The van der Waals surface area contributed by atoms with E-state index < -0.39 is 22.5 Å². The van der Waals surface area contributed by atoms with Crippen molar-refractivity contribution in [3.8, 4) is 0 Å². The summed E-state index contributed by atoms with van der Waals surface area (Å²) in [5.41, 5.74) is 1.94. The molecule has 166 valence electrons. The number of aromatic amines is 1. The van der Waals surface area contributed by atoms with E-state index in [2.05, 4.69) is 20.5 Å². The van der Waals surface area contributed by atoms with Crippen LogP contribution in [0.3, 0.4) is 0 Å². The Morgan fingerprint density at radius 3 is 2.70 bits per heavy atom. The van der Waals surface area contributed by atoms with Gasteiger partial charge < -0.3 is 14.5 Å². The van der Waals surface area contributed by atoms with Crippen LogP contribution in [0.15, 0.2) is 81.2 Å². The van der Waals surface area contributed by atoms with Gasteiger partial charge in [-0.25, -0.2) is 10.4 Å². The summed E-state index contributed by atoms with van der Waals surface area (Å²) in [7, 11) is 0. The van der Waals surface area contributed by atoms with Crippen LogP contribution in [0, 0.1) is 10.1 Å². The molecule has 0 saturated heterocycles. The van der Waals surface area contributed by atoms with Gasteiger partial charge in [0.2, 0.25) is 5.91 Å². The van der Waals surface area contributed by atoms with Gasteiger partial charge in [0.25, 0.3) is 11.2 Å². The second-order valence-electron chi connectivity index (χ2n) is 6.99. The molecule has 4 aromatic rings. The van der Waals surface area contributed by atoms with Gasteiger partial charge in [-0.05, 0) is 23.8 Å². The Hall–Kier alpha value is -4.64. The van der Waals surface area contributed by atoms with E-state index in [1.54, 1.807) is 30.3 Å². The van der Waals surface area contributed by atoms with Crippen molar-refractivity contribution in [2.45, 2.75) is 12.5 Å². The van der Waals surface area contributed by atoms with Gasteiger partial charge in [0.1, 0.15) is 11.5 Å². The summed E-state index contributed by atoms with van der Waals surface area (Å²) in [6, 6.07) is 15.7. The topological polar surface area (TPSA) is 164 Å². The van der Waals surface area contributed by atoms with Gasteiger partial charge >= 0.3 is 0 Å². The summed E-state index contributed by atoms with van der Waals surface area (Å²) in [4.78, 5) is 42.2. The molecule has 2 aromatic heterocycles. The lowest BCUT2D eigenvalue weighted by atomic mass is 10.1. The molecule has 0 fully saturated rings. The van der Waals surface area contributed by atoms with Crippen molar-refractivity contribution < 1.29 is 19.2 Å². The number of hydrogen-bond donors (Lipinski definition) is 3. The van der Waals surface area contributed by atoms with Crippen molar-refractivity contribution in [3.63, 3.8) is 0 Å². The highest BCUT2D eigenvalue weighted by atomic mass is 16.6. The average molecular weight is 447 g/mol. The summed E-state index contributed by atoms with van der Waals surface area (Å²) in [5.74, 6) is -0.394. The van der Waals surface area contributed by atoms with Gasteiger partial charge in [-0.1, -0.05) is 30.3 Å². The van der Waals surface area contributed by atoms with E-state index in [0.717, 1.165) is 5.56 Å². The summed E-state index contributed by atoms with van der Waals surface area (Å²) >= 11 is 0. The van der Waals surface area contributed by atoms with Crippen molar-refractivity contribution in [2.24, 2.45) is 5.10 Å². The molecule has 1 atom stereocenters. The minimum absolute atomic E-state index is 0.0274. The maximum absolute atomic E-state index is 12.7. The Morgan fingerprint density at radius 1 is 1.21 bits per heavy atom. The molecule has 4 rings (SSSR count). The van der Waals surface area contributed by atoms with Gasteiger partial charge in [0.15, 0.2) is 11.8 Å². The van der Waals surface area contributed by atoms with Crippen LogP contribution in [-0.4, -0.2) is 31.6 Å². The van der Waals surface area contributed by atoms with Crippen LogP contribution in [0.25, 0.3) is 11.0 Å².